The molecule has 0 saturated heterocycles. The monoisotopic (exact) mass is 467 g/mol. The van der Waals surface area contributed by atoms with Crippen LogP contribution >= 0.6 is 11.6 Å². The fourth-order valence-corrected chi connectivity index (χ4v) is 5.09. The van der Waals surface area contributed by atoms with Crippen LogP contribution in [0.25, 0.3) is 0 Å². The van der Waals surface area contributed by atoms with Gasteiger partial charge in [-0.25, -0.2) is 13.2 Å². The van der Waals surface area contributed by atoms with Gasteiger partial charge in [-0.2, -0.15) is 0 Å². The molecule has 0 saturated carbocycles. The van der Waals surface area contributed by atoms with E-state index in [1.807, 2.05) is 0 Å². The van der Waals surface area contributed by atoms with Gasteiger partial charge in [0.05, 0.1) is 17.1 Å². The predicted molar refractivity (Wildman–Crippen MR) is 121 cm³/mol. The summed E-state index contributed by atoms with van der Waals surface area (Å²) in [4.78, 5) is 23.9. The third-order valence-electron chi connectivity index (χ3n) is 4.36. The van der Waals surface area contributed by atoms with Crippen molar-refractivity contribution in [1.29, 1.82) is 0 Å². The summed E-state index contributed by atoms with van der Waals surface area (Å²) in [7, 11) is -2.73. The molecule has 2 aromatic carbocycles. The summed E-state index contributed by atoms with van der Waals surface area (Å²) >= 11 is 6.07. The van der Waals surface area contributed by atoms with E-state index in [2.05, 4.69) is 10.6 Å². The number of carbonyl (C=O) groups excluding carboxylic acids is 1. The Morgan fingerprint density at radius 2 is 1.77 bits per heavy atom. The molecule has 1 unspecified atom stereocenters. The largest absolute Gasteiger partial charge is 0.480 e. The average Bonchev–Trinajstić information content (AvgIpc) is 2.64. The maximum absolute atomic E-state index is 13.7. The molecular weight excluding hydrogens is 442 g/mol. The molecule has 0 aromatic heterocycles. The minimum absolute atomic E-state index is 0.0523. The van der Waals surface area contributed by atoms with Crippen LogP contribution in [-0.4, -0.2) is 45.0 Å². The minimum atomic E-state index is -4.34. The van der Waals surface area contributed by atoms with E-state index < -0.39 is 27.4 Å². The zero-order valence-corrected chi connectivity index (χ0v) is 19.3. The number of hydrogen-bond donors (Lipinski definition) is 3. The summed E-state index contributed by atoms with van der Waals surface area (Å²) in [6, 6.07) is 10.3. The van der Waals surface area contributed by atoms with Gasteiger partial charge >= 0.3 is 5.97 Å². The molecule has 8 nitrogen and oxygen atoms in total. The lowest BCUT2D eigenvalue weighted by Crippen LogP contribution is -2.52. The normalized spacial score (nSPS) is 12.8. The molecule has 0 fully saturated rings. The van der Waals surface area contributed by atoms with Crippen molar-refractivity contribution in [2.24, 2.45) is 5.41 Å². The fourth-order valence-electron chi connectivity index (χ4n) is 3.08. The number of benzene rings is 2. The molecule has 0 bridgehead atoms. The highest BCUT2D eigenvalue weighted by atomic mass is 35.5. The first-order valence-corrected chi connectivity index (χ1v) is 11.3. The summed E-state index contributed by atoms with van der Waals surface area (Å²) in [5, 5.41) is 15.5. The van der Waals surface area contributed by atoms with Crippen molar-refractivity contribution in [2.45, 2.75) is 31.7 Å². The molecule has 0 aliphatic heterocycles. The number of sulfonamides is 1. The minimum Gasteiger partial charge on any atom is -0.480 e. The average molecular weight is 468 g/mol. The summed E-state index contributed by atoms with van der Waals surface area (Å²) in [6.07, 6.45) is 0. The number of likely N-dealkylation sites (N-methyl/N-ethyl adjacent to an activating group) is 1. The Morgan fingerprint density at radius 1 is 1.13 bits per heavy atom. The van der Waals surface area contributed by atoms with Crippen molar-refractivity contribution in [3.8, 4) is 0 Å². The number of anilines is 2. The van der Waals surface area contributed by atoms with Crippen molar-refractivity contribution in [3.05, 3.63) is 53.6 Å². The standard InChI is InChI=1S/C21H26ClN3O5S/c1-21(2,3)19(20(27)28)25(16-9-5-7-14(22)11-16)31(29,30)17-10-6-8-15(12-17)24-18(26)13-23-4/h5-12,19,23H,13H2,1-4H3,(H,24,26)(H,27,28). The highest BCUT2D eigenvalue weighted by Gasteiger charge is 2.43. The highest BCUT2D eigenvalue weighted by Crippen LogP contribution is 2.35. The van der Waals surface area contributed by atoms with Gasteiger partial charge in [0.25, 0.3) is 10.0 Å². The van der Waals surface area contributed by atoms with Crippen LogP contribution < -0.4 is 14.9 Å². The lowest BCUT2D eigenvalue weighted by molar-refractivity contribution is -0.140. The molecule has 1 amide bonds. The summed E-state index contributed by atoms with van der Waals surface area (Å²) in [5.74, 6) is -1.64. The number of carboxylic acid groups (broad SMARTS) is 1. The van der Waals surface area contributed by atoms with Crippen molar-refractivity contribution in [3.63, 3.8) is 0 Å². The molecule has 0 heterocycles. The molecule has 0 aliphatic carbocycles. The number of amides is 1. The van der Waals surface area contributed by atoms with E-state index in [-0.39, 0.29) is 33.7 Å². The number of carbonyl (C=O) groups is 2. The van der Waals surface area contributed by atoms with Gasteiger partial charge in [0.2, 0.25) is 5.91 Å². The van der Waals surface area contributed by atoms with E-state index >= 15 is 0 Å². The first-order chi connectivity index (χ1) is 14.4. The Hall–Kier alpha value is -2.62. The zero-order valence-electron chi connectivity index (χ0n) is 17.7. The predicted octanol–water partition coefficient (Wildman–Crippen LogP) is 3.19. The Kier molecular flexibility index (Phi) is 7.69. The van der Waals surface area contributed by atoms with Gasteiger partial charge in [-0.05, 0) is 48.9 Å². The van der Waals surface area contributed by atoms with E-state index in [0.717, 1.165) is 4.31 Å². The van der Waals surface area contributed by atoms with Crippen LogP contribution in [0.4, 0.5) is 11.4 Å². The maximum Gasteiger partial charge on any atom is 0.328 e. The number of rotatable bonds is 8. The van der Waals surface area contributed by atoms with Crippen LogP contribution in [0.15, 0.2) is 53.4 Å². The number of nitrogens with zero attached hydrogens (tertiary/aromatic N) is 1. The van der Waals surface area contributed by atoms with Crippen molar-refractivity contribution in [1.82, 2.24) is 5.32 Å². The smallest absolute Gasteiger partial charge is 0.328 e. The number of aliphatic carboxylic acids is 1. The van der Waals surface area contributed by atoms with Crippen molar-refractivity contribution >= 4 is 44.9 Å². The molecule has 10 heteroatoms. The number of hydrogen-bond acceptors (Lipinski definition) is 5. The zero-order chi connectivity index (χ0) is 23.4. The Labute approximate surface area is 187 Å². The van der Waals surface area contributed by atoms with E-state index in [9.17, 15) is 23.1 Å². The maximum atomic E-state index is 13.7. The third kappa shape index (κ3) is 5.96. The van der Waals surface area contributed by atoms with Crippen LogP contribution in [0.5, 0.6) is 0 Å². The second-order valence-corrected chi connectivity index (χ2v) is 10.2. The van der Waals surface area contributed by atoms with Gasteiger partial charge in [0, 0.05) is 10.7 Å². The first kappa shape index (κ1) is 24.6. The number of nitrogens with one attached hydrogen (secondary N) is 2. The molecule has 0 radical (unpaired) electrons. The molecule has 0 spiro atoms. The van der Waals surface area contributed by atoms with Crippen LogP contribution in [0.3, 0.4) is 0 Å². The van der Waals surface area contributed by atoms with Gasteiger partial charge in [-0.15, -0.1) is 0 Å². The summed E-state index contributed by atoms with van der Waals surface area (Å²) in [5.41, 5.74) is -0.547. The van der Waals surface area contributed by atoms with E-state index in [0.29, 0.717) is 0 Å². The van der Waals surface area contributed by atoms with E-state index in [4.69, 9.17) is 11.6 Å². The molecule has 3 N–H and O–H groups in total. The lowest BCUT2D eigenvalue weighted by Gasteiger charge is -2.37. The van der Waals surface area contributed by atoms with Crippen molar-refractivity contribution in [2.75, 3.05) is 23.2 Å². The lowest BCUT2D eigenvalue weighted by atomic mass is 9.86. The Morgan fingerprint density at radius 3 is 2.32 bits per heavy atom. The summed E-state index contributed by atoms with van der Waals surface area (Å²) < 4.78 is 28.3. The van der Waals surface area contributed by atoms with Gasteiger partial charge in [0.1, 0.15) is 6.04 Å². The SMILES string of the molecule is CNCC(=O)Nc1cccc(S(=O)(=O)N(c2cccc(Cl)c2)C(C(=O)O)C(C)(C)C)c1. The molecule has 1 atom stereocenters. The van der Waals surface area contributed by atoms with Gasteiger partial charge in [-0.3, -0.25) is 9.10 Å². The second-order valence-electron chi connectivity index (χ2n) is 7.99. The molecule has 168 valence electrons. The number of carboxylic acids is 1. The quantitative estimate of drug-likeness (QED) is 0.549. The van der Waals surface area contributed by atoms with Crippen LogP contribution in [-0.2, 0) is 19.6 Å². The topological polar surface area (TPSA) is 116 Å². The molecule has 0 aliphatic rings. The van der Waals surface area contributed by atoms with E-state index in [1.165, 1.54) is 30.3 Å². The van der Waals surface area contributed by atoms with Crippen LogP contribution in [0, 0.1) is 5.41 Å². The number of halogens is 1. The second kappa shape index (κ2) is 9.67. The molecular formula is C21H26ClN3O5S. The molecule has 31 heavy (non-hydrogen) atoms. The Balaban J connectivity index is 2.65. The first-order valence-electron chi connectivity index (χ1n) is 9.45. The third-order valence-corrected chi connectivity index (χ3v) is 6.39. The Bertz CT molecular complexity index is 1070. The van der Waals surface area contributed by atoms with Crippen LogP contribution in [0.1, 0.15) is 20.8 Å². The fraction of sp³-hybridized carbons (Fsp3) is 0.333. The molecule has 2 rings (SSSR count). The highest BCUT2D eigenvalue weighted by molar-refractivity contribution is 7.93. The van der Waals surface area contributed by atoms with E-state index in [1.54, 1.807) is 46.0 Å². The van der Waals surface area contributed by atoms with Gasteiger partial charge < -0.3 is 15.7 Å². The van der Waals surface area contributed by atoms with Crippen LogP contribution in [0.2, 0.25) is 5.02 Å². The van der Waals surface area contributed by atoms with Gasteiger partial charge in [-0.1, -0.05) is 44.5 Å². The van der Waals surface area contributed by atoms with Gasteiger partial charge in [0.15, 0.2) is 0 Å². The molecule has 2 aromatic rings. The summed E-state index contributed by atoms with van der Waals surface area (Å²) in [6.45, 7) is 4.99. The van der Waals surface area contributed by atoms with Crippen molar-refractivity contribution < 1.29 is 23.1 Å².